The fourth-order valence-corrected chi connectivity index (χ4v) is 2.77. The third-order valence-corrected chi connectivity index (χ3v) is 3.98. The van der Waals surface area contributed by atoms with Gasteiger partial charge in [-0.3, -0.25) is 0 Å². The Morgan fingerprint density at radius 3 is 2.89 bits per heavy atom. The molecule has 2 heterocycles. The van der Waals surface area contributed by atoms with Gasteiger partial charge in [-0.25, -0.2) is 4.98 Å². The molecule has 106 valence electrons. The first-order chi connectivity index (χ1) is 9.06. The van der Waals surface area contributed by atoms with Crippen molar-refractivity contribution < 1.29 is 4.74 Å². The van der Waals surface area contributed by atoms with E-state index in [1.807, 2.05) is 6.07 Å². The summed E-state index contributed by atoms with van der Waals surface area (Å²) in [7, 11) is 2.19. The Morgan fingerprint density at radius 1 is 1.47 bits per heavy atom. The van der Waals surface area contributed by atoms with Crippen LogP contribution in [-0.4, -0.2) is 41.1 Å². The lowest BCUT2D eigenvalue weighted by molar-refractivity contribution is 0.228. The van der Waals surface area contributed by atoms with Crippen molar-refractivity contribution in [2.75, 3.05) is 20.2 Å². The van der Waals surface area contributed by atoms with E-state index in [1.54, 1.807) is 0 Å². The summed E-state index contributed by atoms with van der Waals surface area (Å²) in [5.74, 6) is 1.80. The molecule has 2 rings (SSSR count). The Balaban J connectivity index is 1.88. The van der Waals surface area contributed by atoms with Crippen LogP contribution in [0.1, 0.15) is 44.9 Å². The number of hydrogen-bond donors (Lipinski definition) is 0. The number of rotatable bonds is 5. The quantitative estimate of drug-likeness (QED) is 0.778. The summed E-state index contributed by atoms with van der Waals surface area (Å²) in [6.45, 7) is 6.09. The van der Waals surface area contributed by atoms with Gasteiger partial charge in [-0.15, -0.1) is 0 Å². The predicted octanol–water partition coefficient (Wildman–Crippen LogP) is 3.23. The summed E-state index contributed by atoms with van der Waals surface area (Å²) in [5, 5.41) is 0. The van der Waals surface area contributed by atoms with Gasteiger partial charge in [0, 0.05) is 18.0 Å². The van der Waals surface area contributed by atoms with Gasteiger partial charge in [0.15, 0.2) is 0 Å². The molecule has 1 atom stereocenters. The van der Waals surface area contributed by atoms with Crippen molar-refractivity contribution in [2.45, 2.75) is 45.1 Å². The van der Waals surface area contributed by atoms with Crippen molar-refractivity contribution in [1.82, 2.24) is 14.9 Å². The summed E-state index contributed by atoms with van der Waals surface area (Å²) in [6, 6.07) is 2.50. The van der Waals surface area contributed by atoms with E-state index in [1.165, 1.54) is 19.4 Å². The zero-order valence-corrected chi connectivity index (χ0v) is 13.5. The Labute approximate surface area is 123 Å². The van der Waals surface area contributed by atoms with Gasteiger partial charge in [0.05, 0.1) is 6.61 Å². The molecule has 1 unspecified atom stereocenters. The van der Waals surface area contributed by atoms with Gasteiger partial charge in [0.25, 0.3) is 0 Å². The van der Waals surface area contributed by atoms with Crippen molar-refractivity contribution in [2.24, 2.45) is 0 Å². The predicted molar refractivity (Wildman–Crippen MR) is 79.6 cm³/mol. The van der Waals surface area contributed by atoms with Crippen LogP contribution in [0.25, 0.3) is 0 Å². The molecule has 0 spiro atoms. The van der Waals surface area contributed by atoms with Gasteiger partial charge >= 0.3 is 0 Å². The number of aromatic nitrogens is 2. The van der Waals surface area contributed by atoms with Crippen LogP contribution >= 0.6 is 15.9 Å². The highest BCUT2D eigenvalue weighted by atomic mass is 79.9. The number of ether oxygens (including phenoxy) is 1. The van der Waals surface area contributed by atoms with Crippen LogP contribution in [-0.2, 0) is 0 Å². The molecule has 1 saturated heterocycles. The van der Waals surface area contributed by atoms with Crippen LogP contribution in [0.15, 0.2) is 10.7 Å². The lowest BCUT2D eigenvalue weighted by Gasteiger charge is -2.19. The highest BCUT2D eigenvalue weighted by molar-refractivity contribution is 9.10. The maximum absolute atomic E-state index is 5.78. The first kappa shape index (κ1) is 14.7. The summed E-state index contributed by atoms with van der Waals surface area (Å²) in [4.78, 5) is 11.2. The molecule has 1 fully saturated rings. The fraction of sp³-hybridized carbons (Fsp3) is 0.714. The molecular formula is C14H22BrN3O. The Bertz CT molecular complexity index is 425. The summed E-state index contributed by atoms with van der Waals surface area (Å²) < 4.78 is 6.57. The van der Waals surface area contributed by atoms with E-state index in [2.05, 4.69) is 51.7 Å². The molecule has 0 N–H and O–H groups in total. The number of nitrogens with zero attached hydrogens (tertiary/aromatic N) is 3. The third-order valence-electron chi connectivity index (χ3n) is 3.58. The van der Waals surface area contributed by atoms with Gasteiger partial charge in [0.2, 0.25) is 5.88 Å². The summed E-state index contributed by atoms with van der Waals surface area (Å²) in [6.07, 6.45) is 3.65. The van der Waals surface area contributed by atoms with E-state index < -0.39 is 0 Å². The molecule has 19 heavy (non-hydrogen) atoms. The molecule has 0 bridgehead atoms. The fourth-order valence-electron chi connectivity index (χ4n) is 2.39. The average Bonchev–Trinajstić information content (AvgIpc) is 2.74. The molecule has 0 amide bonds. The van der Waals surface area contributed by atoms with E-state index in [9.17, 15) is 0 Å². The second-order valence-corrected chi connectivity index (χ2v) is 6.27. The largest absolute Gasteiger partial charge is 0.477 e. The Hall–Kier alpha value is -0.680. The molecule has 1 aromatic rings. The van der Waals surface area contributed by atoms with Gasteiger partial charge in [-0.05, 0) is 48.8 Å². The Kier molecular flexibility index (Phi) is 5.16. The summed E-state index contributed by atoms with van der Waals surface area (Å²) >= 11 is 3.41. The molecule has 0 radical (unpaired) electrons. The van der Waals surface area contributed by atoms with Gasteiger partial charge in [0.1, 0.15) is 10.4 Å². The van der Waals surface area contributed by atoms with Crippen LogP contribution in [0.4, 0.5) is 0 Å². The minimum absolute atomic E-state index is 0.306. The summed E-state index contributed by atoms with van der Waals surface area (Å²) in [5.41, 5.74) is 0. The highest BCUT2D eigenvalue weighted by Gasteiger charge is 2.20. The Morgan fingerprint density at radius 2 is 2.26 bits per heavy atom. The van der Waals surface area contributed by atoms with E-state index in [0.717, 1.165) is 23.5 Å². The molecule has 0 saturated carbocycles. The van der Waals surface area contributed by atoms with E-state index in [4.69, 9.17) is 4.74 Å². The van der Waals surface area contributed by atoms with Crippen molar-refractivity contribution >= 4 is 15.9 Å². The van der Waals surface area contributed by atoms with Crippen LogP contribution in [0.3, 0.4) is 0 Å². The molecule has 1 aromatic heterocycles. The smallest absolute Gasteiger partial charge is 0.217 e. The molecule has 0 aromatic carbocycles. The average molecular weight is 328 g/mol. The van der Waals surface area contributed by atoms with Crippen LogP contribution in [0.2, 0.25) is 0 Å². The van der Waals surface area contributed by atoms with Crippen molar-refractivity contribution in [3.8, 4) is 5.88 Å². The highest BCUT2D eigenvalue weighted by Crippen LogP contribution is 2.21. The molecule has 4 nitrogen and oxygen atoms in total. The van der Waals surface area contributed by atoms with Crippen molar-refractivity contribution in [3.05, 3.63) is 16.5 Å². The molecule has 0 aliphatic carbocycles. The zero-order chi connectivity index (χ0) is 13.8. The third kappa shape index (κ3) is 4.14. The lowest BCUT2D eigenvalue weighted by atomic mass is 10.1. The van der Waals surface area contributed by atoms with Crippen LogP contribution in [0.5, 0.6) is 5.88 Å². The van der Waals surface area contributed by atoms with Crippen LogP contribution < -0.4 is 4.74 Å². The normalized spacial score (nSPS) is 20.2. The standard InChI is InChI=1S/C14H22BrN3O/c1-10(2)14-16-12(15)9-13(17-14)19-8-6-11-5-4-7-18(11)3/h9-11H,4-8H2,1-3H3. The van der Waals surface area contributed by atoms with Crippen LogP contribution in [0, 0.1) is 0 Å². The van der Waals surface area contributed by atoms with Gasteiger partial charge < -0.3 is 9.64 Å². The van der Waals surface area contributed by atoms with Crippen molar-refractivity contribution in [1.29, 1.82) is 0 Å². The molecule has 5 heteroatoms. The van der Waals surface area contributed by atoms with E-state index in [-0.39, 0.29) is 0 Å². The monoisotopic (exact) mass is 327 g/mol. The minimum Gasteiger partial charge on any atom is -0.477 e. The molecular weight excluding hydrogens is 306 g/mol. The van der Waals surface area contributed by atoms with Gasteiger partial charge in [-0.1, -0.05) is 13.8 Å². The second kappa shape index (κ2) is 6.66. The first-order valence-corrected chi connectivity index (χ1v) is 7.73. The first-order valence-electron chi connectivity index (χ1n) is 6.94. The van der Waals surface area contributed by atoms with Gasteiger partial charge in [-0.2, -0.15) is 4.98 Å². The SMILES string of the molecule is CC(C)c1nc(Br)cc(OCCC2CCCN2C)n1. The molecule has 1 aliphatic rings. The van der Waals surface area contributed by atoms with E-state index in [0.29, 0.717) is 17.8 Å². The number of likely N-dealkylation sites (tertiary alicyclic amines) is 1. The number of hydrogen-bond acceptors (Lipinski definition) is 4. The maximum Gasteiger partial charge on any atom is 0.217 e. The topological polar surface area (TPSA) is 38.2 Å². The molecule has 1 aliphatic heterocycles. The second-order valence-electron chi connectivity index (χ2n) is 5.46. The van der Waals surface area contributed by atoms with Crippen molar-refractivity contribution in [3.63, 3.8) is 0 Å². The number of halogens is 1. The lowest BCUT2D eigenvalue weighted by Crippen LogP contribution is -2.26. The van der Waals surface area contributed by atoms with E-state index >= 15 is 0 Å². The maximum atomic E-state index is 5.78. The zero-order valence-electron chi connectivity index (χ0n) is 11.9. The minimum atomic E-state index is 0.306.